The lowest BCUT2D eigenvalue weighted by Gasteiger charge is -2.33. The van der Waals surface area contributed by atoms with Crippen molar-refractivity contribution >= 4 is 57.0 Å². The van der Waals surface area contributed by atoms with Gasteiger partial charge >= 0.3 is 0 Å². The number of aryl methyl sites for hydroxylation is 1. The predicted octanol–water partition coefficient (Wildman–Crippen LogP) is 24.2. The summed E-state index contributed by atoms with van der Waals surface area (Å²) < 4.78 is 71.9. The number of hydrogen-bond acceptors (Lipinski definition) is 5. The summed E-state index contributed by atoms with van der Waals surface area (Å²) in [6.45, 7) is 11.2. The molecule has 0 spiro atoms. The Morgan fingerprint density at radius 1 is 0.370 bits per heavy atom. The van der Waals surface area contributed by atoms with Crippen LogP contribution in [0.1, 0.15) is 69.2 Å². The van der Waals surface area contributed by atoms with Crippen molar-refractivity contribution in [3.8, 4) is 77.9 Å². The second kappa shape index (κ2) is 23.4. The highest BCUT2D eigenvalue weighted by Crippen LogP contribution is 2.55. The van der Waals surface area contributed by atoms with E-state index in [1.165, 1.54) is 0 Å². The summed E-state index contributed by atoms with van der Waals surface area (Å²) in [5.41, 5.74) is 21.8. The Morgan fingerprint density at radius 3 is 1.62 bits per heavy atom. The highest BCUT2D eigenvalue weighted by molar-refractivity contribution is 6.05. The molecule has 0 amide bonds. The molecule has 12 aromatic carbocycles. The van der Waals surface area contributed by atoms with Gasteiger partial charge in [-0.05, 0) is 175 Å². The van der Waals surface area contributed by atoms with Crippen molar-refractivity contribution < 1.29 is 11.0 Å². The Kier molecular flexibility index (Phi) is 12.4. The molecule has 5 heteroatoms. The van der Waals surface area contributed by atoms with Gasteiger partial charge in [-0.25, -0.2) is 4.98 Å². The molecule has 5 nitrogen and oxygen atoms in total. The largest absolute Gasteiger partial charge is 0.321 e. The first-order chi connectivity index (χ1) is 48.1. The average Bonchev–Trinajstić information content (AvgIpc) is 1.64. The van der Waals surface area contributed by atoms with Gasteiger partial charge in [0, 0.05) is 55.3 Å². The lowest BCUT2D eigenvalue weighted by Crippen LogP contribution is -2.26. The summed E-state index contributed by atoms with van der Waals surface area (Å²) in [5, 5.41) is 0. The molecule has 0 saturated carbocycles. The number of nitrogens with zero attached hydrogens (tertiary/aromatic N) is 5. The van der Waals surface area contributed by atoms with Crippen molar-refractivity contribution in [2.45, 2.75) is 59.2 Å². The van der Waals surface area contributed by atoms with Crippen molar-refractivity contribution in [2.24, 2.45) is 0 Å². The maximum atomic E-state index is 9.56. The average molecular weight is 1200 g/mol. The van der Waals surface area contributed by atoms with Crippen molar-refractivity contribution in [3.63, 3.8) is 0 Å². The summed E-state index contributed by atoms with van der Waals surface area (Å²) in [6, 6.07) is 90.5. The van der Waals surface area contributed by atoms with Gasteiger partial charge in [0.15, 0.2) is 0 Å². The van der Waals surface area contributed by atoms with Crippen molar-refractivity contribution in [1.82, 2.24) is 4.98 Å². The molecule has 3 heterocycles. The highest BCUT2D eigenvalue weighted by atomic mass is 15.4. The first kappa shape index (κ1) is 48.9. The molecular weight excluding hydrogens is 1110 g/mol. The third kappa shape index (κ3) is 10.8. The molecule has 0 aliphatic carbocycles. The molecule has 0 bridgehead atoms. The summed E-state index contributed by atoms with van der Waals surface area (Å²) in [4.78, 5) is 14.1. The quantitative estimate of drug-likeness (QED) is 0.129. The van der Waals surface area contributed by atoms with E-state index in [0.29, 0.717) is 17.1 Å². The number of para-hydroxylation sites is 3. The third-order valence-corrected chi connectivity index (χ3v) is 17.9. The summed E-state index contributed by atoms with van der Waals surface area (Å²) >= 11 is 0. The molecule has 0 radical (unpaired) electrons. The van der Waals surface area contributed by atoms with Gasteiger partial charge in [-0.2, -0.15) is 0 Å². The Labute approximate surface area is 553 Å². The molecule has 13 aromatic rings. The number of anilines is 10. The molecule has 0 saturated heterocycles. The minimum absolute atomic E-state index is 0.114. The van der Waals surface area contributed by atoms with Crippen LogP contribution in [-0.2, 0) is 10.8 Å². The minimum Gasteiger partial charge on any atom is -0.321 e. The first-order valence-electron chi connectivity index (χ1n) is 35.4. The van der Waals surface area contributed by atoms with Crippen LogP contribution in [0.3, 0.4) is 0 Å². The lowest BCUT2D eigenvalue weighted by molar-refractivity contribution is 0.590. The van der Waals surface area contributed by atoms with Crippen LogP contribution >= 0.6 is 0 Å². The maximum absolute atomic E-state index is 9.56. The van der Waals surface area contributed by atoms with Crippen molar-refractivity contribution in [2.75, 3.05) is 26.3 Å². The van der Waals surface area contributed by atoms with Crippen molar-refractivity contribution in [3.05, 3.63) is 320 Å². The van der Waals surface area contributed by atoms with Gasteiger partial charge in [0.05, 0.1) is 35.3 Å². The van der Waals surface area contributed by atoms with Gasteiger partial charge in [0.1, 0.15) is 12.5 Å². The smallest absolute Gasteiger partial charge is 0.137 e. The van der Waals surface area contributed by atoms with Crippen LogP contribution in [0.5, 0.6) is 0 Å². The Bertz CT molecular complexity index is 5300. The standard InChI is InChI=1S/C87H73N5/c1-59-46-47-88-84(48-59)92-80-45-42-65(61-28-14-9-15-29-61)53-79(80)77-37-21-20-36-76(77)78-44-43-71(57-83(78)92)91(70-35-24-34-64(52-70)60-26-12-8-13-27-60)73-55-69(87(5,6)7)54-72(56-73)89-58-90(82-41-23-22-40-81(82)89)85-74(63-32-18-11-19-33-63)38-25-39-75(85)67-49-66(62-30-16-10-17-31-62)50-68(51-67)86(2,3)4/h8-57H,58H2,1-7H3/i1D3,11D,18D,19D,32D,33D. The van der Waals surface area contributed by atoms with Crippen LogP contribution in [0.4, 0.5) is 57.0 Å². The topological polar surface area (TPSA) is 25.9 Å². The number of hydrogen-bond donors (Lipinski definition) is 0. The SMILES string of the molecule is [2H]c1c([2H])c([2H])c(-c2cccc(-c3cc(-c4ccccc4)cc(C(C)(C)C)c3)c2N2CN(c3cc(N(c4cccc(-c5ccccc5)c4)c4ccc5c(c4)N(c4cc(C([2H])([2H])[2H])ccn4)c4ccc(-c6ccccc6)cc4-c4ccccc4-5)cc(C(C)(C)C)c3)c3ccccc32)c([2H])c1[2H]. The number of aromatic nitrogens is 1. The van der Waals surface area contributed by atoms with Crippen LogP contribution in [0.25, 0.3) is 77.9 Å². The van der Waals surface area contributed by atoms with Crippen LogP contribution < -0.4 is 19.6 Å². The van der Waals surface area contributed by atoms with Crippen LogP contribution in [0, 0.1) is 6.85 Å². The second-order valence-corrected chi connectivity index (χ2v) is 25.9. The van der Waals surface area contributed by atoms with E-state index in [4.69, 9.17) is 13.2 Å². The fourth-order valence-corrected chi connectivity index (χ4v) is 13.2. The summed E-state index contributed by atoms with van der Waals surface area (Å²) in [7, 11) is 0. The van der Waals surface area contributed by atoms with Gasteiger partial charge in [-0.1, -0.05) is 254 Å². The second-order valence-electron chi connectivity index (χ2n) is 25.9. The zero-order valence-corrected chi connectivity index (χ0v) is 52.4. The molecule has 0 unspecified atom stereocenters. The first-order valence-corrected chi connectivity index (χ1v) is 31.4. The van der Waals surface area contributed by atoms with Crippen LogP contribution in [0.2, 0.25) is 0 Å². The maximum Gasteiger partial charge on any atom is 0.137 e. The highest BCUT2D eigenvalue weighted by Gasteiger charge is 2.35. The van der Waals surface area contributed by atoms with E-state index >= 15 is 0 Å². The van der Waals surface area contributed by atoms with Gasteiger partial charge in [0.25, 0.3) is 0 Å². The van der Waals surface area contributed by atoms with Gasteiger partial charge in [0.2, 0.25) is 0 Å². The summed E-state index contributed by atoms with van der Waals surface area (Å²) in [5.74, 6) is 0.454. The van der Waals surface area contributed by atoms with Crippen molar-refractivity contribution in [1.29, 1.82) is 0 Å². The third-order valence-electron chi connectivity index (χ3n) is 17.9. The molecule has 92 heavy (non-hydrogen) atoms. The molecule has 446 valence electrons. The molecular formula is C87H73N5. The van der Waals surface area contributed by atoms with E-state index in [1.807, 2.05) is 60.7 Å². The van der Waals surface area contributed by atoms with E-state index in [1.54, 1.807) is 18.3 Å². The molecule has 2 aliphatic rings. The Balaban J connectivity index is 0.961. The normalized spacial score (nSPS) is 14.0. The molecule has 1 aromatic heterocycles. The Morgan fingerprint density at radius 2 is 0.935 bits per heavy atom. The predicted molar refractivity (Wildman–Crippen MR) is 389 cm³/mol. The van der Waals surface area contributed by atoms with E-state index in [2.05, 4.69) is 255 Å². The van der Waals surface area contributed by atoms with E-state index in [-0.39, 0.29) is 35.3 Å². The van der Waals surface area contributed by atoms with E-state index in [0.717, 1.165) is 123 Å². The molecule has 15 rings (SSSR count). The number of rotatable bonds is 11. The van der Waals surface area contributed by atoms with Crippen LogP contribution in [0.15, 0.2) is 303 Å². The molecule has 0 fully saturated rings. The van der Waals surface area contributed by atoms with Gasteiger partial charge < -0.3 is 14.7 Å². The number of fused-ring (bicyclic) bond motifs is 6. The monoisotopic (exact) mass is 1200 g/mol. The zero-order chi connectivity index (χ0) is 69.5. The van der Waals surface area contributed by atoms with E-state index in [9.17, 15) is 2.74 Å². The zero-order valence-electron chi connectivity index (χ0n) is 60.4. The van der Waals surface area contributed by atoms with E-state index < -0.39 is 30.4 Å². The summed E-state index contributed by atoms with van der Waals surface area (Å²) in [6.07, 6.45) is 1.59. The number of benzene rings is 12. The fraction of sp³-hybridized carbons (Fsp3) is 0.115. The molecule has 2 aliphatic heterocycles. The van der Waals surface area contributed by atoms with Crippen LogP contribution in [-0.4, -0.2) is 11.7 Å². The minimum atomic E-state index is -2.42. The van der Waals surface area contributed by atoms with Gasteiger partial charge in [-0.15, -0.1) is 0 Å². The van der Waals surface area contributed by atoms with Gasteiger partial charge in [-0.3, -0.25) is 4.90 Å². The Hall–Kier alpha value is -11.0. The molecule has 0 atom stereocenters. The fourth-order valence-electron chi connectivity index (χ4n) is 13.2. The lowest BCUT2D eigenvalue weighted by atomic mass is 9.82. The number of pyridine rings is 1. The molecule has 0 N–H and O–H groups in total.